The monoisotopic (exact) mass is 524 g/mol. The smallest absolute Gasteiger partial charge is 0.338 e. The minimum Gasteiger partial charge on any atom is -0.504 e. The number of aromatic nitrogens is 1. The maximum atomic E-state index is 13.8. The molecule has 1 aliphatic rings. The van der Waals surface area contributed by atoms with E-state index in [0.29, 0.717) is 50.0 Å². The number of nitrogens with zero attached hydrogens (tertiary/aromatic N) is 2. The van der Waals surface area contributed by atoms with Crippen LogP contribution in [0.25, 0.3) is 6.08 Å². The number of fused-ring (bicyclic) bond motifs is 1. The summed E-state index contributed by atoms with van der Waals surface area (Å²) >= 11 is 1.21. The van der Waals surface area contributed by atoms with Crippen LogP contribution in [0.15, 0.2) is 57.5 Å². The molecule has 1 aromatic heterocycles. The molecular weight excluding hydrogens is 496 g/mol. The fourth-order valence-corrected chi connectivity index (χ4v) is 5.22. The van der Waals surface area contributed by atoms with Gasteiger partial charge in [0, 0.05) is 0 Å². The number of rotatable bonds is 8. The van der Waals surface area contributed by atoms with Gasteiger partial charge in [0.25, 0.3) is 5.56 Å². The zero-order valence-corrected chi connectivity index (χ0v) is 22.0. The quantitative estimate of drug-likeness (QED) is 0.452. The van der Waals surface area contributed by atoms with Gasteiger partial charge in [-0.2, -0.15) is 0 Å². The van der Waals surface area contributed by atoms with Gasteiger partial charge in [0.15, 0.2) is 27.8 Å². The van der Waals surface area contributed by atoms with Crippen LogP contribution in [0.5, 0.6) is 23.0 Å². The first-order valence-corrected chi connectivity index (χ1v) is 12.5. The third-order valence-electron chi connectivity index (χ3n) is 5.82. The first kappa shape index (κ1) is 26.0. The Morgan fingerprint density at radius 1 is 1.08 bits per heavy atom. The molecule has 0 radical (unpaired) electrons. The summed E-state index contributed by atoms with van der Waals surface area (Å²) in [5.74, 6) is 0.788. The van der Waals surface area contributed by atoms with Crippen molar-refractivity contribution in [3.63, 3.8) is 0 Å². The van der Waals surface area contributed by atoms with Crippen LogP contribution in [-0.2, 0) is 9.53 Å². The Morgan fingerprint density at radius 3 is 2.51 bits per heavy atom. The second-order valence-electron chi connectivity index (χ2n) is 8.08. The minimum atomic E-state index is -0.781. The molecule has 0 aliphatic carbocycles. The van der Waals surface area contributed by atoms with Gasteiger partial charge >= 0.3 is 5.97 Å². The highest BCUT2D eigenvalue weighted by Crippen LogP contribution is 2.36. The highest BCUT2D eigenvalue weighted by atomic mass is 32.1. The van der Waals surface area contributed by atoms with E-state index < -0.39 is 12.0 Å². The Labute approximate surface area is 217 Å². The molecule has 2 aromatic carbocycles. The van der Waals surface area contributed by atoms with Crippen LogP contribution in [-0.4, -0.2) is 43.1 Å². The Morgan fingerprint density at radius 2 is 1.84 bits per heavy atom. The molecule has 0 saturated carbocycles. The number of phenols is 1. The van der Waals surface area contributed by atoms with Crippen LogP contribution < -0.4 is 29.1 Å². The number of hydrogen-bond acceptors (Lipinski definition) is 9. The lowest BCUT2D eigenvalue weighted by Crippen LogP contribution is -2.39. The van der Waals surface area contributed by atoms with E-state index in [4.69, 9.17) is 18.9 Å². The second-order valence-corrected chi connectivity index (χ2v) is 9.09. The third-order valence-corrected chi connectivity index (χ3v) is 6.80. The molecule has 1 atom stereocenters. The van der Waals surface area contributed by atoms with Crippen LogP contribution in [0.2, 0.25) is 0 Å². The molecule has 0 bridgehead atoms. The lowest BCUT2D eigenvalue weighted by atomic mass is 9.95. The predicted molar refractivity (Wildman–Crippen MR) is 139 cm³/mol. The zero-order chi connectivity index (χ0) is 26.7. The average molecular weight is 525 g/mol. The first-order valence-electron chi connectivity index (χ1n) is 11.7. The Hall–Kier alpha value is -4.05. The molecule has 0 unspecified atom stereocenters. The molecule has 0 amide bonds. The molecule has 0 spiro atoms. The lowest BCUT2D eigenvalue weighted by molar-refractivity contribution is -0.139. The number of allylic oxidation sites excluding steroid dienone is 1. The van der Waals surface area contributed by atoms with E-state index in [1.165, 1.54) is 36.2 Å². The van der Waals surface area contributed by atoms with E-state index in [1.807, 2.05) is 6.92 Å². The summed E-state index contributed by atoms with van der Waals surface area (Å²) in [6.07, 6.45) is 1.71. The van der Waals surface area contributed by atoms with E-state index >= 15 is 0 Å². The molecule has 0 saturated heterocycles. The van der Waals surface area contributed by atoms with Gasteiger partial charge < -0.3 is 24.1 Å². The number of aromatic hydroxyl groups is 1. The number of phenolic OH excluding ortho intramolecular Hbond substituents is 1. The average Bonchev–Trinajstić information content (AvgIpc) is 3.19. The molecule has 1 aliphatic heterocycles. The number of hydrogen-bond donors (Lipinski definition) is 1. The number of thiazole rings is 1. The Balaban J connectivity index is 1.94. The van der Waals surface area contributed by atoms with E-state index in [9.17, 15) is 14.7 Å². The number of carbonyl (C=O) groups is 1. The summed E-state index contributed by atoms with van der Waals surface area (Å²) in [6.45, 7) is 5.85. The van der Waals surface area contributed by atoms with Crippen LogP contribution in [0.4, 0.5) is 0 Å². The van der Waals surface area contributed by atoms with Gasteiger partial charge in [0.1, 0.15) is 0 Å². The molecule has 1 N–H and O–H groups in total. The van der Waals surface area contributed by atoms with Gasteiger partial charge in [-0.3, -0.25) is 9.36 Å². The molecule has 194 valence electrons. The molecule has 37 heavy (non-hydrogen) atoms. The maximum Gasteiger partial charge on any atom is 0.338 e. The van der Waals surface area contributed by atoms with Gasteiger partial charge in [-0.15, -0.1) is 0 Å². The lowest BCUT2D eigenvalue weighted by Gasteiger charge is -2.25. The van der Waals surface area contributed by atoms with Crippen molar-refractivity contribution in [2.24, 2.45) is 4.99 Å². The van der Waals surface area contributed by atoms with E-state index in [2.05, 4.69) is 4.99 Å². The van der Waals surface area contributed by atoms with Crippen molar-refractivity contribution in [2.75, 3.05) is 27.4 Å². The number of ether oxygens (including phenoxy) is 4. The highest BCUT2D eigenvalue weighted by Gasteiger charge is 2.33. The molecule has 2 heterocycles. The second kappa shape index (κ2) is 10.9. The van der Waals surface area contributed by atoms with Gasteiger partial charge in [-0.05, 0) is 62.2 Å². The highest BCUT2D eigenvalue weighted by molar-refractivity contribution is 7.07. The summed E-state index contributed by atoms with van der Waals surface area (Å²) in [6, 6.07) is 9.35. The van der Waals surface area contributed by atoms with Crippen LogP contribution in [0.1, 0.15) is 37.9 Å². The topological polar surface area (TPSA) is 109 Å². The van der Waals surface area contributed by atoms with Gasteiger partial charge in [-0.25, -0.2) is 9.79 Å². The standard InChI is InChI=1S/C27H28N2O7S/c1-6-35-20-12-16(8-10-18(20)30)13-22-25(31)29-24(17-9-11-19(33-4)21(14-17)34-5)23(26(32)36-7-2)15(3)28-27(29)37-22/h8-14,24,30H,6-7H2,1-5H3/b22-13-/t24-/m0/s1. The van der Waals surface area contributed by atoms with Crippen molar-refractivity contribution in [3.8, 4) is 23.0 Å². The van der Waals surface area contributed by atoms with Crippen LogP contribution in [0.3, 0.4) is 0 Å². The minimum absolute atomic E-state index is 0.0172. The number of benzene rings is 2. The van der Waals surface area contributed by atoms with Crippen LogP contribution in [0, 0.1) is 0 Å². The molecule has 0 fully saturated rings. The molecule has 10 heteroatoms. The van der Waals surface area contributed by atoms with Crippen molar-refractivity contribution in [1.29, 1.82) is 0 Å². The van der Waals surface area contributed by atoms with Crippen molar-refractivity contribution < 1.29 is 28.8 Å². The zero-order valence-electron chi connectivity index (χ0n) is 21.2. The summed E-state index contributed by atoms with van der Waals surface area (Å²) < 4.78 is 23.6. The fraction of sp³-hybridized carbons (Fsp3) is 0.296. The van der Waals surface area contributed by atoms with Gasteiger partial charge in [0.2, 0.25) is 0 Å². The fourth-order valence-electron chi connectivity index (χ4n) is 4.17. The van der Waals surface area contributed by atoms with Crippen molar-refractivity contribution >= 4 is 23.4 Å². The summed E-state index contributed by atoms with van der Waals surface area (Å²) in [5.41, 5.74) is 1.75. The molecule has 3 aromatic rings. The number of esters is 1. The normalized spacial score (nSPS) is 15.2. The Bertz CT molecular complexity index is 1550. The summed E-state index contributed by atoms with van der Waals surface area (Å²) in [5, 5.41) is 10.0. The molecule has 4 rings (SSSR count). The SMILES string of the molecule is CCOC(=O)C1=C(C)N=c2s/c(=C\c3ccc(O)c(OCC)c3)c(=O)n2[C@H]1c1ccc(OC)c(OC)c1. The largest absolute Gasteiger partial charge is 0.504 e. The van der Waals surface area contributed by atoms with Gasteiger partial charge in [0.05, 0.1) is 49.3 Å². The van der Waals surface area contributed by atoms with E-state index in [1.54, 1.807) is 50.3 Å². The van der Waals surface area contributed by atoms with E-state index in [-0.39, 0.29) is 23.5 Å². The van der Waals surface area contributed by atoms with Crippen molar-refractivity contribution in [2.45, 2.75) is 26.8 Å². The first-order chi connectivity index (χ1) is 17.8. The molecular formula is C27H28N2O7S. The van der Waals surface area contributed by atoms with Gasteiger partial charge in [-0.1, -0.05) is 23.5 Å². The van der Waals surface area contributed by atoms with Crippen molar-refractivity contribution in [3.05, 3.63) is 78.5 Å². The maximum absolute atomic E-state index is 13.8. The van der Waals surface area contributed by atoms with Crippen molar-refractivity contribution in [1.82, 2.24) is 4.57 Å². The number of methoxy groups -OCH3 is 2. The summed E-state index contributed by atoms with van der Waals surface area (Å²) in [4.78, 5) is 31.9. The predicted octanol–water partition coefficient (Wildman–Crippen LogP) is 2.92. The summed E-state index contributed by atoms with van der Waals surface area (Å²) in [7, 11) is 3.06. The number of carbonyl (C=O) groups excluding carboxylic acids is 1. The van der Waals surface area contributed by atoms with E-state index in [0.717, 1.165) is 0 Å². The third kappa shape index (κ3) is 4.97. The Kier molecular flexibility index (Phi) is 7.68. The molecule has 9 nitrogen and oxygen atoms in total. The van der Waals surface area contributed by atoms with Crippen LogP contribution >= 0.6 is 11.3 Å².